The molecular weight excluding hydrogens is 214 g/mol. The number of benzene rings is 1. The van der Waals surface area contributed by atoms with Crippen molar-refractivity contribution in [1.82, 2.24) is 5.32 Å². The smallest absolute Gasteiger partial charge is 0.126 e. The van der Waals surface area contributed by atoms with Crippen LogP contribution >= 0.6 is 0 Å². The van der Waals surface area contributed by atoms with E-state index in [-0.39, 0.29) is 0 Å². The van der Waals surface area contributed by atoms with E-state index in [9.17, 15) is 0 Å². The molecule has 0 aliphatic rings. The van der Waals surface area contributed by atoms with E-state index in [0.717, 1.165) is 25.3 Å². The summed E-state index contributed by atoms with van der Waals surface area (Å²) in [5, 5.41) is 3.40. The molecule has 1 N–H and O–H groups in total. The second-order valence-electron chi connectivity index (χ2n) is 4.08. The third-order valence-corrected chi connectivity index (χ3v) is 2.57. The van der Waals surface area contributed by atoms with Crippen LogP contribution in [0, 0.1) is 6.92 Å². The van der Waals surface area contributed by atoms with Crippen LogP contribution in [0.5, 0.6) is 5.75 Å². The van der Waals surface area contributed by atoms with Crippen molar-refractivity contribution in [3.63, 3.8) is 0 Å². The van der Waals surface area contributed by atoms with Gasteiger partial charge in [-0.05, 0) is 25.5 Å². The first kappa shape index (κ1) is 14.0. The first-order valence-electron chi connectivity index (χ1n) is 6.20. The van der Waals surface area contributed by atoms with Crippen molar-refractivity contribution in [3.05, 3.63) is 29.3 Å². The number of para-hydroxylation sites is 1. The summed E-state index contributed by atoms with van der Waals surface area (Å²) >= 11 is 0. The number of rotatable bonds is 8. The maximum atomic E-state index is 5.77. The molecule has 0 heterocycles. The Morgan fingerprint density at radius 3 is 2.76 bits per heavy atom. The van der Waals surface area contributed by atoms with Crippen LogP contribution in [0.4, 0.5) is 0 Å². The van der Waals surface area contributed by atoms with Crippen molar-refractivity contribution in [2.45, 2.75) is 26.8 Å². The fourth-order valence-electron chi connectivity index (χ4n) is 1.69. The maximum Gasteiger partial charge on any atom is 0.126 e. The molecule has 1 rings (SSSR count). The molecular formula is C14H23NO2. The van der Waals surface area contributed by atoms with Crippen molar-refractivity contribution in [1.29, 1.82) is 0 Å². The van der Waals surface area contributed by atoms with Crippen LogP contribution in [-0.2, 0) is 11.3 Å². The van der Waals surface area contributed by atoms with Gasteiger partial charge in [-0.25, -0.2) is 0 Å². The fraction of sp³-hybridized carbons (Fsp3) is 0.571. The monoisotopic (exact) mass is 237 g/mol. The van der Waals surface area contributed by atoms with Gasteiger partial charge < -0.3 is 14.8 Å². The summed E-state index contributed by atoms with van der Waals surface area (Å²) in [5.74, 6) is 0.994. The molecule has 0 amide bonds. The number of hydrogen-bond acceptors (Lipinski definition) is 3. The Bertz CT molecular complexity index is 326. The first-order valence-corrected chi connectivity index (χ1v) is 6.20. The van der Waals surface area contributed by atoms with Crippen LogP contribution in [0.25, 0.3) is 0 Å². The molecule has 0 aliphatic carbocycles. The van der Waals surface area contributed by atoms with Crippen LogP contribution in [0.15, 0.2) is 18.2 Å². The molecule has 0 fully saturated rings. The SMILES string of the molecule is CCCNCc1cccc(C)c1OCCOC. The first-order chi connectivity index (χ1) is 8.29. The third-order valence-electron chi connectivity index (χ3n) is 2.57. The lowest BCUT2D eigenvalue weighted by molar-refractivity contribution is 0.145. The van der Waals surface area contributed by atoms with Crippen molar-refractivity contribution in [3.8, 4) is 5.75 Å². The van der Waals surface area contributed by atoms with E-state index >= 15 is 0 Å². The topological polar surface area (TPSA) is 30.5 Å². The van der Waals surface area contributed by atoms with E-state index < -0.39 is 0 Å². The van der Waals surface area contributed by atoms with Gasteiger partial charge in [-0.15, -0.1) is 0 Å². The van der Waals surface area contributed by atoms with Crippen molar-refractivity contribution in [2.24, 2.45) is 0 Å². The number of aryl methyl sites for hydroxylation is 1. The molecule has 0 radical (unpaired) electrons. The molecule has 3 nitrogen and oxygen atoms in total. The van der Waals surface area contributed by atoms with Crippen LogP contribution in [-0.4, -0.2) is 26.9 Å². The minimum absolute atomic E-state index is 0.599. The largest absolute Gasteiger partial charge is 0.491 e. The minimum Gasteiger partial charge on any atom is -0.491 e. The van der Waals surface area contributed by atoms with Crippen molar-refractivity contribution in [2.75, 3.05) is 26.9 Å². The summed E-state index contributed by atoms with van der Waals surface area (Å²) in [6.07, 6.45) is 1.14. The molecule has 3 heteroatoms. The highest BCUT2D eigenvalue weighted by Gasteiger charge is 2.06. The Kier molecular flexibility index (Phi) is 6.67. The van der Waals surface area contributed by atoms with E-state index in [1.54, 1.807) is 7.11 Å². The summed E-state index contributed by atoms with van der Waals surface area (Å²) in [5.41, 5.74) is 2.39. The summed E-state index contributed by atoms with van der Waals surface area (Å²) in [7, 11) is 1.69. The minimum atomic E-state index is 0.599. The van der Waals surface area contributed by atoms with Gasteiger partial charge >= 0.3 is 0 Å². The quantitative estimate of drug-likeness (QED) is 0.705. The highest BCUT2D eigenvalue weighted by Crippen LogP contribution is 2.23. The highest BCUT2D eigenvalue weighted by atomic mass is 16.5. The molecule has 0 bridgehead atoms. The Morgan fingerprint density at radius 2 is 2.06 bits per heavy atom. The number of ether oxygens (including phenoxy) is 2. The fourth-order valence-corrected chi connectivity index (χ4v) is 1.69. The van der Waals surface area contributed by atoms with E-state index in [1.165, 1.54) is 11.1 Å². The predicted molar refractivity (Wildman–Crippen MR) is 70.5 cm³/mol. The molecule has 0 unspecified atom stereocenters. The van der Waals surface area contributed by atoms with Crippen LogP contribution in [0.1, 0.15) is 24.5 Å². The van der Waals surface area contributed by atoms with Crippen LogP contribution < -0.4 is 10.1 Å². The summed E-state index contributed by atoms with van der Waals surface area (Å²) in [6, 6.07) is 6.25. The van der Waals surface area contributed by atoms with Crippen molar-refractivity contribution < 1.29 is 9.47 Å². The summed E-state index contributed by atoms with van der Waals surface area (Å²) < 4.78 is 10.8. The Labute approximate surface area is 104 Å². The van der Waals surface area contributed by atoms with Gasteiger partial charge in [0.1, 0.15) is 12.4 Å². The zero-order valence-electron chi connectivity index (χ0n) is 11.1. The van der Waals surface area contributed by atoms with E-state index in [4.69, 9.17) is 9.47 Å². The zero-order valence-corrected chi connectivity index (χ0v) is 11.1. The Balaban J connectivity index is 2.63. The van der Waals surface area contributed by atoms with Gasteiger partial charge in [0, 0.05) is 19.2 Å². The number of methoxy groups -OCH3 is 1. The van der Waals surface area contributed by atoms with E-state index in [2.05, 4.69) is 37.4 Å². The summed E-state index contributed by atoms with van der Waals surface area (Å²) in [4.78, 5) is 0. The second kappa shape index (κ2) is 8.09. The Hall–Kier alpha value is -1.06. The average molecular weight is 237 g/mol. The zero-order chi connectivity index (χ0) is 12.5. The average Bonchev–Trinajstić information content (AvgIpc) is 2.33. The van der Waals surface area contributed by atoms with Gasteiger partial charge in [-0.2, -0.15) is 0 Å². The molecule has 1 aromatic rings. The lowest BCUT2D eigenvalue weighted by atomic mass is 10.1. The van der Waals surface area contributed by atoms with Crippen LogP contribution in [0.2, 0.25) is 0 Å². The van der Waals surface area contributed by atoms with Gasteiger partial charge in [0.2, 0.25) is 0 Å². The molecule has 96 valence electrons. The molecule has 0 saturated heterocycles. The lowest BCUT2D eigenvalue weighted by Crippen LogP contribution is -2.15. The van der Waals surface area contributed by atoms with Gasteiger partial charge in [0.05, 0.1) is 6.61 Å². The molecule has 0 aliphatic heterocycles. The number of hydrogen-bond donors (Lipinski definition) is 1. The standard InChI is InChI=1S/C14H23NO2/c1-4-8-15-11-13-7-5-6-12(2)14(13)17-10-9-16-3/h5-7,15H,4,8-11H2,1-3H3. The van der Waals surface area contributed by atoms with Gasteiger partial charge in [0.15, 0.2) is 0 Å². The molecule has 1 aromatic carbocycles. The lowest BCUT2D eigenvalue weighted by Gasteiger charge is -2.14. The molecule has 17 heavy (non-hydrogen) atoms. The highest BCUT2D eigenvalue weighted by molar-refractivity contribution is 5.40. The van der Waals surface area contributed by atoms with E-state index in [0.29, 0.717) is 13.2 Å². The maximum absolute atomic E-state index is 5.77. The van der Waals surface area contributed by atoms with E-state index in [1.807, 2.05) is 0 Å². The summed E-state index contributed by atoms with van der Waals surface area (Å²) in [6.45, 7) is 7.35. The molecule has 0 spiro atoms. The molecule has 0 aromatic heterocycles. The van der Waals surface area contributed by atoms with Gasteiger partial charge in [0.25, 0.3) is 0 Å². The normalized spacial score (nSPS) is 10.5. The molecule has 0 atom stereocenters. The van der Waals surface area contributed by atoms with Gasteiger partial charge in [-0.3, -0.25) is 0 Å². The second-order valence-corrected chi connectivity index (χ2v) is 4.08. The van der Waals surface area contributed by atoms with Gasteiger partial charge in [-0.1, -0.05) is 25.1 Å². The third kappa shape index (κ3) is 4.75. The van der Waals surface area contributed by atoms with Crippen LogP contribution in [0.3, 0.4) is 0 Å². The molecule has 0 saturated carbocycles. The van der Waals surface area contributed by atoms with Crippen molar-refractivity contribution >= 4 is 0 Å². The number of nitrogens with one attached hydrogen (secondary N) is 1. The predicted octanol–water partition coefficient (Wildman–Crippen LogP) is 2.52. The Morgan fingerprint density at radius 1 is 1.24 bits per heavy atom.